The Morgan fingerprint density at radius 1 is 1.16 bits per heavy atom. The number of benzene rings is 1. The van der Waals surface area contributed by atoms with Gasteiger partial charge in [-0.25, -0.2) is 4.98 Å². The van der Waals surface area contributed by atoms with E-state index in [4.69, 9.17) is 4.74 Å². The molecule has 0 bridgehead atoms. The van der Waals surface area contributed by atoms with Gasteiger partial charge in [0.05, 0.1) is 10.7 Å². The number of piperazine rings is 1. The van der Waals surface area contributed by atoms with Gasteiger partial charge in [0.1, 0.15) is 12.4 Å². The molecule has 0 radical (unpaired) electrons. The van der Waals surface area contributed by atoms with Crippen LogP contribution in [-0.2, 0) is 17.9 Å². The predicted octanol–water partition coefficient (Wildman–Crippen LogP) is 3.78. The van der Waals surface area contributed by atoms with Crippen molar-refractivity contribution in [3.05, 3.63) is 82.1 Å². The molecular formula is C24H26N4O2S. The van der Waals surface area contributed by atoms with Crippen LogP contribution in [0.1, 0.15) is 21.8 Å². The lowest BCUT2D eigenvalue weighted by Crippen LogP contribution is -2.47. The van der Waals surface area contributed by atoms with Gasteiger partial charge < -0.3 is 9.64 Å². The zero-order chi connectivity index (χ0) is 21.5. The summed E-state index contributed by atoms with van der Waals surface area (Å²) in [6.07, 6.45) is 7.15. The highest BCUT2D eigenvalue weighted by Gasteiger charge is 2.19. The van der Waals surface area contributed by atoms with E-state index >= 15 is 0 Å². The highest BCUT2D eigenvalue weighted by Crippen LogP contribution is 2.17. The summed E-state index contributed by atoms with van der Waals surface area (Å²) in [6, 6.07) is 11.8. The number of thiazole rings is 1. The van der Waals surface area contributed by atoms with Crippen LogP contribution in [0.2, 0.25) is 0 Å². The first kappa shape index (κ1) is 21.2. The maximum absolute atomic E-state index is 12.6. The Hall–Kier alpha value is -3.03. The highest BCUT2D eigenvalue weighted by molar-refractivity contribution is 7.09. The molecule has 0 unspecified atom stereocenters. The van der Waals surface area contributed by atoms with Gasteiger partial charge in [0, 0.05) is 56.6 Å². The monoisotopic (exact) mass is 434 g/mol. The van der Waals surface area contributed by atoms with Crippen molar-refractivity contribution in [2.24, 2.45) is 0 Å². The van der Waals surface area contributed by atoms with Crippen LogP contribution in [0.15, 0.2) is 60.2 Å². The van der Waals surface area contributed by atoms with Gasteiger partial charge in [0.15, 0.2) is 0 Å². The number of nitrogens with zero attached hydrogens (tertiary/aromatic N) is 4. The Balaban J connectivity index is 1.26. The molecule has 6 nitrogen and oxygen atoms in total. The summed E-state index contributed by atoms with van der Waals surface area (Å²) in [4.78, 5) is 25.4. The first-order valence-electron chi connectivity index (χ1n) is 10.4. The van der Waals surface area contributed by atoms with Crippen LogP contribution in [0, 0.1) is 6.92 Å². The van der Waals surface area contributed by atoms with Gasteiger partial charge in [-0.1, -0.05) is 12.1 Å². The molecule has 1 aliphatic heterocycles. The average Bonchev–Trinajstić information content (AvgIpc) is 3.23. The normalized spacial score (nSPS) is 14.8. The molecule has 0 N–H and O–H groups in total. The van der Waals surface area contributed by atoms with Crippen molar-refractivity contribution in [1.29, 1.82) is 0 Å². The number of hydrogen-bond acceptors (Lipinski definition) is 6. The van der Waals surface area contributed by atoms with Gasteiger partial charge in [0.2, 0.25) is 5.91 Å². The SMILES string of the molecule is Cc1nc(COc2cccc(C=CC(=O)N3CCN(Cc4ccncc4)CC3)c2)cs1. The van der Waals surface area contributed by atoms with Gasteiger partial charge in [-0.3, -0.25) is 14.7 Å². The lowest BCUT2D eigenvalue weighted by atomic mass is 10.2. The molecule has 3 aromatic rings. The van der Waals surface area contributed by atoms with Crippen molar-refractivity contribution in [3.63, 3.8) is 0 Å². The Morgan fingerprint density at radius 3 is 2.71 bits per heavy atom. The van der Waals surface area contributed by atoms with Crippen molar-refractivity contribution < 1.29 is 9.53 Å². The van der Waals surface area contributed by atoms with Crippen LogP contribution in [0.3, 0.4) is 0 Å². The summed E-state index contributed by atoms with van der Waals surface area (Å²) in [5.74, 6) is 0.817. The van der Waals surface area contributed by atoms with Gasteiger partial charge >= 0.3 is 0 Å². The lowest BCUT2D eigenvalue weighted by Gasteiger charge is -2.34. The Labute approximate surface area is 186 Å². The quantitative estimate of drug-likeness (QED) is 0.530. The summed E-state index contributed by atoms with van der Waals surface area (Å²) in [6.45, 7) is 6.56. The summed E-state index contributed by atoms with van der Waals surface area (Å²) < 4.78 is 5.84. The molecule has 1 fully saturated rings. The number of carbonyl (C=O) groups is 1. The third kappa shape index (κ3) is 6.23. The Morgan fingerprint density at radius 2 is 1.97 bits per heavy atom. The van der Waals surface area contributed by atoms with Crippen molar-refractivity contribution in [3.8, 4) is 5.75 Å². The molecule has 0 aliphatic carbocycles. The average molecular weight is 435 g/mol. The fourth-order valence-electron chi connectivity index (χ4n) is 3.49. The second kappa shape index (κ2) is 10.3. The zero-order valence-corrected chi connectivity index (χ0v) is 18.4. The van der Waals surface area contributed by atoms with Crippen molar-refractivity contribution in [2.75, 3.05) is 26.2 Å². The van der Waals surface area contributed by atoms with E-state index in [0.29, 0.717) is 6.61 Å². The first-order valence-corrected chi connectivity index (χ1v) is 11.3. The molecule has 0 atom stereocenters. The van der Waals surface area contributed by atoms with E-state index in [2.05, 4.69) is 14.9 Å². The van der Waals surface area contributed by atoms with Crippen LogP contribution in [-0.4, -0.2) is 51.9 Å². The number of pyridine rings is 1. The molecule has 2 aromatic heterocycles. The van der Waals surface area contributed by atoms with Gasteiger partial charge in [-0.05, 0) is 48.4 Å². The van der Waals surface area contributed by atoms with E-state index in [1.807, 2.05) is 72.1 Å². The second-order valence-electron chi connectivity index (χ2n) is 7.51. The second-order valence-corrected chi connectivity index (χ2v) is 8.57. The Bertz CT molecular complexity index is 1030. The summed E-state index contributed by atoms with van der Waals surface area (Å²) >= 11 is 1.62. The Kier molecular flexibility index (Phi) is 7.07. The van der Waals surface area contributed by atoms with Crippen LogP contribution >= 0.6 is 11.3 Å². The minimum atomic E-state index is 0.0489. The van der Waals surface area contributed by atoms with E-state index in [9.17, 15) is 4.79 Å². The van der Waals surface area contributed by atoms with Crippen LogP contribution in [0.5, 0.6) is 5.75 Å². The predicted molar refractivity (Wildman–Crippen MR) is 123 cm³/mol. The zero-order valence-electron chi connectivity index (χ0n) is 17.6. The minimum Gasteiger partial charge on any atom is -0.487 e. The van der Waals surface area contributed by atoms with Crippen molar-refractivity contribution in [1.82, 2.24) is 19.8 Å². The van der Waals surface area contributed by atoms with E-state index < -0.39 is 0 Å². The molecule has 1 saturated heterocycles. The van der Waals surface area contributed by atoms with Crippen LogP contribution in [0.25, 0.3) is 6.08 Å². The lowest BCUT2D eigenvalue weighted by molar-refractivity contribution is -0.127. The van der Waals surface area contributed by atoms with Gasteiger partial charge in [-0.15, -0.1) is 11.3 Å². The molecule has 1 amide bonds. The first-order chi connectivity index (χ1) is 15.2. The van der Waals surface area contributed by atoms with Crippen LogP contribution in [0.4, 0.5) is 0 Å². The van der Waals surface area contributed by atoms with Crippen molar-refractivity contribution in [2.45, 2.75) is 20.1 Å². The van der Waals surface area contributed by atoms with E-state index in [1.54, 1.807) is 17.4 Å². The third-order valence-corrected chi connectivity index (χ3v) is 5.99. The fourth-order valence-corrected chi connectivity index (χ4v) is 4.08. The number of ether oxygens (including phenoxy) is 1. The molecule has 1 aliphatic rings. The largest absolute Gasteiger partial charge is 0.487 e. The number of amides is 1. The maximum Gasteiger partial charge on any atom is 0.246 e. The van der Waals surface area contributed by atoms with E-state index in [-0.39, 0.29) is 5.91 Å². The highest BCUT2D eigenvalue weighted by atomic mass is 32.1. The summed E-state index contributed by atoms with van der Waals surface area (Å²) in [5, 5.41) is 3.04. The fraction of sp³-hybridized carbons (Fsp3) is 0.292. The molecule has 31 heavy (non-hydrogen) atoms. The molecule has 4 rings (SSSR count). The topological polar surface area (TPSA) is 58.6 Å². The van der Waals surface area contributed by atoms with Crippen LogP contribution < -0.4 is 4.74 Å². The number of hydrogen-bond donors (Lipinski definition) is 0. The summed E-state index contributed by atoms with van der Waals surface area (Å²) in [7, 11) is 0. The molecule has 1 aromatic carbocycles. The number of aromatic nitrogens is 2. The molecule has 3 heterocycles. The van der Waals surface area contributed by atoms with E-state index in [0.717, 1.165) is 54.7 Å². The number of aryl methyl sites for hydroxylation is 1. The van der Waals surface area contributed by atoms with E-state index in [1.165, 1.54) is 5.56 Å². The van der Waals surface area contributed by atoms with Gasteiger partial charge in [-0.2, -0.15) is 0 Å². The molecule has 7 heteroatoms. The molecule has 0 saturated carbocycles. The molecule has 160 valence electrons. The number of carbonyl (C=O) groups excluding carboxylic acids is 1. The molecular weight excluding hydrogens is 408 g/mol. The van der Waals surface area contributed by atoms with Gasteiger partial charge in [0.25, 0.3) is 0 Å². The maximum atomic E-state index is 12.6. The third-order valence-electron chi connectivity index (χ3n) is 5.17. The minimum absolute atomic E-state index is 0.0489. The molecule has 0 spiro atoms. The smallest absolute Gasteiger partial charge is 0.246 e. The van der Waals surface area contributed by atoms with Crippen molar-refractivity contribution >= 4 is 23.3 Å². The standard InChI is InChI=1S/C24H26N4O2S/c1-19-26-22(18-31-19)17-30-23-4-2-3-20(15-23)5-6-24(29)28-13-11-27(12-14-28)16-21-7-9-25-10-8-21/h2-10,15,18H,11-14,16-17H2,1H3. The summed E-state index contributed by atoms with van der Waals surface area (Å²) in [5.41, 5.74) is 3.13. The number of rotatable bonds is 7.